The zero-order valence-electron chi connectivity index (χ0n) is 9.67. The second-order valence-corrected chi connectivity index (χ2v) is 4.43. The minimum absolute atomic E-state index is 0. The Balaban J connectivity index is 0.00000162. The molecule has 0 bridgehead atoms. The summed E-state index contributed by atoms with van der Waals surface area (Å²) in [7, 11) is 1.81. The van der Waals surface area contributed by atoms with Crippen LogP contribution < -0.4 is 0 Å². The maximum absolute atomic E-state index is 13.0. The van der Waals surface area contributed by atoms with E-state index in [0.717, 1.165) is 0 Å². The average molecular weight is 358 g/mol. The molecule has 1 radical (unpaired) electrons. The molecular weight excluding hydrogens is 349 g/mol. The summed E-state index contributed by atoms with van der Waals surface area (Å²) in [6, 6.07) is 4.23. The summed E-state index contributed by atoms with van der Waals surface area (Å²) in [5.41, 5.74) is 2.06. The first-order chi connectivity index (χ1) is 8.00. The number of benzene rings is 1. The topological polar surface area (TPSA) is 3.24 Å². The molecular formula is C13H9Cl2FNY-. The van der Waals surface area contributed by atoms with Gasteiger partial charge in [-0.05, 0) is 27.9 Å². The van der Waals surface area contributed by atoms with Crippen LogP contribution in [0.5, 0.6) is 0 Å². The van der Waals surface area contributed by atoms with Crippen LogP contribution in [-0.2, 0) is 32.7 Å². The van der Waals surface area contributed by atoms with Gasteiger partial charge in [0, 0.05) is 39.8 Å². The Morgan fingerprint density at radius 3 is 2.61 bits per heavy atom. The number of rotatable bonds is 1. The fourth-order valence-corrected chi connectivity index (χ4v) is 1.99. The second kappa shape index (κ2) is 6.34. The van der Waals surface area contributed by atoms with Crippen LogP contribution in [0.15, 0.2) is 41.6 Å². The van der Waals surface area contributed by atoms with Crippen molar-refractivity contribution in [2.24, 2.45) is 0 Å². The van der Waals surface area contributed by atoms with Gasteiger partial charge in [-0.2, -0.15) is 23.8 Å². The molecule has 0 fully saturated rings. The molecule has 1 nitrogen and oxygen atoms in total. The fraction of sp³-hybridized carbons (Fsp3) is 0.0769. The monoisotopic (exact) mass is 357 g/mol. The summed E-state index contributed by atoms with van der Waals surface area (Å²) in [6.45, 7) is 3.85. The molecule has 0 amide bonds. The summed E-state index contributed by atoms with van der Waals surface area (Å²) < 4.78 is 13.0. The zero-order chi connectivity index (χ0) is 12.6. The third-order valence-corrected chi connectivity index (χ3v) is 3.18. The number of hydrogen-bond donors (Lipinski definition) is 0. The molecule has 0 aromatic heterocycles. The molecule has 91 valence electrons. The fourth-order valence-electron chi connectivity index (χ4n) is 1.55. The van der Waals surface area contributed by atoms with Crippen LogP contribution in [-0.4, -0.2) is 11.9 Å². The van der Waals surface area contributed by atoms with E-state index in [4.69, 9.17) is 23.2 Å². The summed E-state index contributed by atoms with van der Waals surface area (Å²) in [5.74, 6) is -0.370. The first-order valence-corrected chi connectivity index (χ1v) is 5.64. The Hall–Kier alpha value is -0.146. The van der Waals surface area contributed by atoms with Gasteiger partial charge >= 0.3 is 0 Å². The molecule has 0 saturated heterocycles. The second-order valence-electron chi connectivity index (χ2n) is 3.62. The van der Waals surface area contributed by atoms with Crippen LogP contribution in [0, 0.1) is 11.9 Å². The zero-order valence-corrected chi connectivity index (χ0v) is 14.0. The quantitative estimate of drug-likeness (QED) is 0.681. The van der Waals surface area contributed by atoms with E-state index in [0.29, 0.717) is 27.0 Å². The number of likely N-dealkylation sites (N-methyl/N-ethyl adjacent to an activating group) is 1. The van der Waals surface area contributed by atoms with Gasteiger partial charge < -0.3 is 4.90 Å². The molecule has 0 atom stereocenters. The predicted molar refractivity (Wildman–Crippen MR) is 68.9 cm³/mol. The van der Waals surface area contributed by atoms with E-state index >= 15 is 0 Å². The Labute approximate surface area is 141 Å². The molecule has 5 heteroatoms. The van der Waals surface area contributed by atoms with Crippen LogP contribution in [0.25, 0.3) is 5.70 Å². The number of allylic oxidation sites excluding steroid dienone is 3. The summed E-state index contributed by atoms with van der Waals surface area (Å²) in [4.78, 5) is 1.77. The van der Waals surface area contributed by atoms with Crippen molar-refractivity contribution in [1.82, 2.24) is 4.90 Å². The van der Waals surface area contributed by atoms with Gasteiger partial charge in [-0.15, -0.1) is 6.07 Å². The van der Waals surface area contributed by atoms with Gasteiger partial charge in [-0.1, -0.05) is 29.4 Å². The predicted octanol–water partition coefficient (Wildman–Crippen LogP) is 4.20. The maximum atomic E-state index is 13.0. The van der Waals surface area contributed by atoms with Gasteiger partial charge in [-0.25, -0.2) is 4.39 Å². The Kier molecular flexibility index (Phi) is 5.60. The largest absolute Gasteiger partial charge is 0.377 e. The van der Waals surface area contributed by atoms with Gasteiger partial charge in [0.15, 0.2) is 0 Å². The Morgan fingerprint density at radius 1 is 1.33 bits per heavy atom. The van der Waals surface area contributed by atoms with Crippen molar-refractivity contribution >= 4 is 28.9 Å². The molecule has 1 aliphatic rings. The van der Waals surface area contributed by atoms with Crippen LogP contribution in [0.3, 0.4) is 0 Å². The van der Waals surface area contributed by atoms with Crippen molar-refractivity contribution in [3.63, 3.8) is 0 Å². The Morgan fingerprint density at radius 2 is 2.00 bits per heavy atom. The number of halogens is 3. The molecule has 1 aromatic rings. The van der Waals surface area contributed by atoms with Crippen LogP contribution in [0.4, 0.5) is 4.39 Å². The van der Waals surface area contributed by atoms with Crippen LogP contribution in [0.2, 0.25) is 5.02 Å². The van der Waals surface area contributed by atoms with Crippen molar-refractivity contribution in [3.8, 4) is 0 Å². The molecule has 0 spiro atoms. The van der Waals surface area contributed by atoms with Gasteiger partial charge in [-0.3, -0.25) is 0 Å². The SMILES string of the molecule is C=C1C(Cl)=C[C-]=C(c2ccc(F)cc2Cl)N1C.[Y]. The summed E-state index contributed by atoms with van der Waals surface area (Å²) in [6.07, 6.45) is 4.63. The third kappa shape index (κ3) is 3.05. The molecule has 0 unspecified atom stereocenters. The normalized spacial score (nSPS) is 14.9. The number of nitrogens with zero attached hydrogens (tertiary/aromatic N) is 1. The van der Waals surface area contributed by atoms with Crippen LogP contribution in [0.1, 0.15) is 5.56 Å². The van der Waals surface area contributed by atoms with E-state index in [-0.39, 0.29) is 38.5 Å². The standard InChI is InChI=1S/C13H9Cl2FN.Y/c1-8-11(14)5-6-13(17(8)2)10-4-3-9(16)7-12(10)15;/h3-5,7H,1H2,2H3;/q-1;. The van der Waals surface area contributed by atoms with Gasteiger partial charge in [0.05, 0.1) is 0 Å². The summed E-state index contributed by atoms with van der Waals surface area (Å²) in [5, 5.41) is 0.855. The van der Waals surface area contributed by atoms with Crippen molar-refractivity contribution in [2.75, 3.05) is 7.05 Å². The molecule has 18 heavy (non-hydrogen) atoms. The molecule has 2 rings (SSSR count). The van der Waals surface area contributed by atoms with Crippen molar-refractivity contribution in [3.05, 3.63) is 64.1 Å². The van der Waals surface area contributed by atoms with Gasteiger partial charge in [0.1, 0.15) is 5.82 Å². The van der Waals surface area contributed by atoms with Crippen molar-refractivity contribution in [1.29, 1.82) is 0 Å². The van der Waals surface area contributed by atoms with Crippen molar-refractivity contribution in [2.45, 2.75) is 0 Å². The van der Waals surface area contributed by atoms with Crippen LogP contribution >= 0.6 is 23.2 Å². The number of hydrogen-bond acceptors (Lipinski definition) is 1. The van der Waals surface area contributed by atoms with E-state index in [1.54, 1.807) is 24.1 Å². The third-order valence-electron chi connectivity index (χ3n) is 2.54. The summed E-state index contributed by atoms with van der Waals surface area (Å²) >= 11 is 11.9. The molecule has 1 aliphatic heterocycles. The van der Waals surface area contributed by atoms with E-state index in [1.165, 1.54) is 12.1 Å². The minimum atomic E-state index is -0.370. The van der Waals surface area contributed by atoms with E-state index in [2.05, 4.69) is 12.7 Å². The van der Waals surface area contributed by atoms with Crippen molar-refractivity contribution < 1.29 is 37.1 Å². The molecule has 0 saturated carbocycles. The molecule has 0 aliphatic carbocycles. The first-order valence-electron chi connectivity index (χ1n) is 4.88. The van der Waals surface area contributed by atoms with Gasteiger partial charge in [0.25, 0.3) is 0 Å². The first kappa shape index (κ1) is 15.9. The average Bonchev–Trinajstić information content (AvgIpc) is 2.28. The molecule has 1 aromatic carbocycles. The maximum Gasteiger partial charge on any atom is 0.122 e. The molecule has 0 N–H and O–H groups in total. The molecule has 1 heterocycles. The van der Waals surface area contributed by atoms with E-state index < -0.39 is 0 Å². The van der Waals surface area contributed by atoms with E-state index in [9.17, 15) is 4.39 Å². The minimum Gasteiger partial charge on any atom is -0.377 e. The smallest absolute Gasteiger partial charge is 0.122 e. The van der Waals surface area contributed by atoms with Gasteiger partial charge in [0.2, 0.25) is 0 Å². The van der Waals surface area contributed by atoms with E-state index in [1.807, 2.05) is 0 Å². The Bertz CT molecular complexity index is 552.